The molecule has 1 saturated heterocycles. The molecule has 0 aliphatic carbocycles. The highest BCUT2D eigenvalue weighted by Gasteiger charge is 2.20. The van der Waals surface area contributed by atoms with Crippen LogP contribution in [0.2, 0.25) is 0 Å². The average Bonchev–Trinajstić information content (AvgIpc) is 2.61. The Labute approximate surface area is 102 Å². The van der Waals surface area contributed by atoms with Gasteiger partial charge in [0, 0.05) is 27.4 Å². The van der Waals surface area contributed by atoms with Gasteiger partial charge in [0.15, 0.2) is 0 Å². The van der Waals surface area contributed by atoms with Crippen molar-refractivity contribution < 1.29 is 4.74 Å². The molecule has 2 rings (SSSR count). The summed E-state index contributed by atoms with van der Waals surface area (Å²) in [7, 11) is 0. The topological polar surface area (TPSA) is 33.0 Å². The van der Waals surface area contributed by atoms with E-state index in [9.17, 15) is 0 Å². The van der Waals surface area contributed by atoms with Gasteiger partial charge in [-0.15, -0.1) is 11.3 Å². The average molecular weight is 286 g/mol. The second-order valence-corrected chi connectivity index (χ2v) is 5.67. The quantitative estimate of drug-likeness (QED) is 0.834. The minimum absolute atomic E-state index is 0.520. The molecule has 0 atom stereocenters. The Hall–Kier alpha value is -0.370. The lowest BCUT2D eigenvalue weighted by atomic mass is 9.99. The number of nitrogens with zero attached hydrogens (tertiary/aromatic N) is 1. The Morgan fingerprint density at radius 3 is 2.93 bits per heavy atom. The molecule has 0 saturated carbocycles. The lowest BCUT2D eigenvalue weighted by Crippen LogP contribution is -2.13. The predicted molar refractivity (Wildman–Crippen MR) is 64.1 cm³/mol. The molecule has 1 fully saturated rings. The maximum atomic E-state index is 8.65. The van der Waals surface area contributed by atoms with Crippen LogP contribution < -0.4 is 0 Å². The molecule has 0 aromatic carbocycles. The molecule has 80 valence electrons. The summed E-state index contributed by atoms with van der Waals surface area (Å²) in [6, 6.07) is 4.27. The van der Waals surface area contributed by atoms with Crippen molar-refractivity contribution in [1.82, 2.24) is 0 Å². The van der Waals surface area contributed by atoms with Crippen molar-refractivity contribution in [2.45, 2.75) is 25.2 Å². The first-order valence-corrected chi connectivity index (χ1v) is 6.65. The van der Waals surface area contributed by atoms with E-state index >= 15 is 0 Å². The zero-order valence-corrected chi connectivity index (χ0v) is 10.7. The van der Waals surface area contributed by atoms with Gasteiger partial charge in [0.25, 0.3) is 0 Å². The van der Waals surface area contributed by atoms with E-state index in [0.29, 0.717) is 12.3 Å². The van der Waals surface area contributed by atoms with Gasteiger partial charge in [-0.1, -0.05) is 0 Å². The number of halogens is 1. The maximum Gasteiger partial charge on any atom is 0.0696 e. The van der Waals surface area contributed by atoms with Gasteiger partial charge in [-0.25, -0.2) is 0 Å². The van der Waals surface area contributed by atoms with Crippen molar-refractivity contribution >= 4 is 27.3 Å². The third-order valence-corrected chi connectivity index (χ3v) is 4.83. The van der Waals surface area contributed by atoms with Crippen molar-refractivity contribution in [1.29, 1.82) is 5.26 Å². The van der Waals surface area contributed by atoms with Crippen LogP contribution in [0.4, 0.5) is 0 Å². The first-order valence-electron chi connectivity index (χ1n) is 5.04. The number of thiophene rings is 1. The summed E-state index contributed by atoms with van der Waals surface area (Å²) in [5, 5.41) is 8.65. The monoisotopic (exact) mass is 285 g/mol. The van der Waals surface area contributed by atoms with E-state index < -0.39 is 0 Å². The van der Waals surface area contributed by atoms with E-state index in [4.69, 9.17) is 10.00 Å². The Balaban J connectivity index is 2.16. The van der Waals surface area contributed by atoms with Crippen molar-refractivity contribution in [3.05, 3.63) is 20.3 Å². The molecule has 0 bridgehead atoms. The Morgan fingerprint density at radius 2 is 2.27 bits per heavy atom. The number of hydrogen-bond donors (Lipinski definition) is 0. The standard InChI is InChI=1S/C11H12BrNOS/c12-10-7-9(1-4-13)15-11(10)8-2-5-14-6-3-8/h7-8H,1-3,5-6H2. The van der Waals surface area contributed by atoms with E-state index in [2.05, 4.69) is 28.1 Å². The van der Waals surface area contributed by atoms with Crippen LogP contribution in [0, 0.1) is 11.3 Å². The number of hydrogen-bond acceptors (Lipinski definition) is 3. The lowest BCUT2D eigenvalue weighted by Gasteiger charge is -2.21. The predicted octanol–water partition coefficient (Wildman–Crippen LogP) is 3.47. The molecule has 0 N–H and O–H groups in total. The fraction of sp³-hybridized carbons (Fsp3) is 0.545. The molecule has 1 aliphatic rings. The highest BCUT2D eigenvalue weighted by atomic mass is 79.9. The SMILES string of the molecule is N#CCc1cc(Br)c(C2CCOCC2)s1. The van der Waals surface area contributed by atoms with E-state index in [-0.39, 0.29) is 0 Å². The minimum Gasteiger partial charge on any atom is -0.381 e. The summed E-state index contributed by atoms with van der Waals surface area (Å²) in [6.45, 7) is 1.73. The number of nitriles is 1. The summed E-state index contributed by atoms with van der Waals surface area (Å²) in [5.41, 5.74) is 0. The molecule has 1 aromatic rings. The van der Waals surface area contributed by atoms with Crippen LogP contribution in [0.15, 0.2) is 10.5 Å². The van der Waals surface area contributed by atoms with E-state index in [1.165, 1.54) is 9.35 Å². The second kappa shape index (κ2) is 5.11. The molecule has 2 nitrogen and oxygen atoms in total. The van der Waals surface area contributed by atoms with Gasteiger partial charge in [-0.3, -0.25) is 0 Å². The number of ether oxygens (including phenoxy) is 1. The van der Waals surface area contributed by atoms with Crippen LogP contribution in [0.1, 0.15) is 28.5 Å². The summed E-state index contributed by atoms with van der Waals surface area (Å²) >= 11 is 5.35. The molecule has 0 amide bonds. The molecule has 0 radical (unpaired) electrons. The highest BCUT2D eigenvalue weighted by molar-refractivity contribution is 9.10. The Kier molecular flexibility index (Phi) is 3.79. The highest BCUT2D eigenvalue weighted by Crippen LogP contribution is 2.38. The molecule has 4 heteroatoms. The molecule has 1 aliphatic heterocycles. The van der Waals surface area contributed by atoms with Crippen LogP contribution in [-0.2, 0) is 11.2 Å². The summed E-state index contributed by atoms with van der Waals surface area (Å²) < 4.78 is 6.52. The van der Waals surface area contributed by atoms with Crippen molar-refractivity contribution in [2.75, 3.05) is 13.2 Å². The molecular weight excluding hydrogens is 274 g/mol. The van der Waals surface area contributed by atoms with E-state index in [0.717, 1.165) is 30.9 Å². The second-order valence-electron chi connectivity index (χ2n) is 3.65. The van der Waals surface area contributed by atoms with Gasteiger partial charge in [0.1, 0.15) is 0 Å². The third kappa shape index (κ3) is 2.60. The fourth-order valence-corrected chi connectivity index (χ4v) is 3.98. The third-order valence-electron chi connectivity index (χ3n) is 2.61. The van der Waals surface area contributed by atoms with Gasteiger partial charge < -0.3 is 4.74 Å². The van der Waals surface area contributed by atoms with Crippen molar-refractivity contribution in [2.24, 2.45) is 0 Å². The van der Waals surface area contributed by atoms with Crippen LogP contribution >= 0.6 is 27.3 Å². The number of rotatable bonds is 2. The van der Waals surface area contributed by atoms with Crippen LogP contribution in [0.25, 0.3) is 0 Å². The van der Waals surface area contributed by atoms with Crippen LogP contribution in [0.3, 0.4) is 0 Å². The lowest BCUT2D eigenvalue weighted by molar-refractivity contribution is 0.0859. The largest absolute Gasteiger partial charge is 0.381 e. The van der Waals surface area contributed by atoms with Crippen molar-refractivity contribution in [3.8, 4) is 6.07 Å². The van der Waals surface area contributed by atoms with Gasteiger partial charge in [-0.2, -0.15) is 5.26 Å². The fourth-order valence-electron chi connectivity index (χ4n) is 1.84. The molecule has 15 heavy (non-hydrogen) atoms. The first-order chi connectivity index (χ1) is 7.31. The van der Waals surface area contributed by atoms with Crippen LogP contribution in [-0.4, -0.2) is 13.2 Å². The minimum atomic E-state index is 0.520. The summed E-state index contributed by atoms with van der Waals surface area (Å²) in [5.74, 6) is 0.616. The van der Waals surface area contributed by atoms with Crippen molar-refractivity contribution in [3.63, 3.8) is 0 Å². The molecule has 0 spiro atoms. The van der Waals surface area contributed by atoms with E-state index in [1.54, 1.807) is 11.3 Å². The smallest absolute Gasteiger partial charge is 0.0696 e. The molecule has 1 aromatic heterocycles. The van der Waals surface area contributed by atoms with E-state index in [1.807, 2.05) is 0 Å². The van der Waals surface area contributed by atoms with Gasteiger partial charge >= 0.3 is 0 Å². The maximum absolute atomic E-state index is 8.65. The first kappa shape index (κ1) is 11.1. The van der Waals surface area contributed by atoms with Gasteiger partial charge in [0.2, 0.25) is 0 Å². The molecule has 2 heterocycles. The molecule has 0 unspecified atom stereocenters. The summed E-state index contributed by atoms with van der Waals surface area (Å²) in [4.78, 5) is 2.55. The van der Waals surface area contributed by atoms with Gasteiger partial charge in [0.05, 0.1) is 12.5 Å². The van der Waals surface area contributed by atoms with Crippen LogP contribution in [0.5, 0.6) is 0 Å². The zero-order valence-electron chi connectivity index (χ0n) is 8.33. The Morgan fingerprint density at radius 1 is 1.53 bits per heavy atom. The zero-order chi connectivity index (χ0) is 10.7. The normalized spacial score (nSPS) is 17.6. The molecular formula is C11H12BrNOS. The summed E-state index contributed by atoms with van der Waals surface area (Å²) in [6.07, 6.45) is 2.72. The Bertz CT molecular complexity index is 376. The van der Waals surface area contributed by atoms with Gasteiger partial charge in [-0.05, 0) is 40.8 Å².